The van der Waals surface area contributed by atoms with Gasteiger partial charge in [-0.1, -0.05) is 42.8 Å². The molecule has 1 fully saturated rings. The molecule has 0 N–H and O–H groups in total. The minimum atomic E-state index is 0.562. The molecule has 1 saturated heterocycles. The fraction of sp³-hybridized carbons (Fsp3) is 0.250. The van der Waals surface area contributed by atoms with Crippen LogP contribution in [0.15, 0.2) is 89.3 Å². The standard InChI is InChI=1S/C28H28N2O2/c1-3-8-22(9-4-1)21-31-24-14-12-23(13-15-24)26-10-7-11-27(29-26)28-17-16-25(32-28)20-30-18-5-2-6-19-30/h1,3-4,7-17H,2,5-6,18-21H2. The van der Waals surface area contributed by atoms with Crippen molar-refractivity contribution < 1.29 is 9.15 Å². The van der Waals surface area contributed by atoms with Gasteiger partial charge in [-0.3, -0.25) is 4.90 Å². The fourth-order valence-electron chi connectivity index (χ4n) is 4.13. The molecular weight excluding hydrogens is 396 g/mol. The van der Waals surface area contributed by atoms with Gasteiger partial charge in [-0.05, 0) is 80.0 Å². The van der Waals surface area contributed by atoms with Crippen LogP contribution in [0.3, 0.4) is 0 Å². The summed E-state index contributed by atoms with van der Waals surface area (Å²) in [6.07, 6.45) is 3.91. The zero-order valence-electron chi connectivity index (χ0n) is 18.2. The van der Waals surface area contributed by atoms with Crippen molar-refractivity contribution in [3.05, 3.63) is 96.3 Å². The van der Waals surface area contributed by atoms with E-state index in [0.29, 0.717) is 6.61 Å². The molecule has 2 aromatic heterocycles. The number of pyridine rings is 1. The highest BCUT2D eigenvalue weighted by atomic mass is 16.5. The molecule has 0 atom stereocenters. The second kappa shape index (κ2) is 9.84. The number of hydrogen-bond donors (Lipinski definition) is 0. The van der Waals surface area contributed by atoms with E-state index in [-0.39, 0.29) is 0 Å². The first-order valence-electron chi connectivity index (χ1n) is 11.4. The van der Waals surface area contributed by atoms with Gasteiger partial charge in [0.15, 0.2) is 5.76 Å². The van der Waals surface area contributed by atoms with E-state index in [1.165, 1.54) is 19.3 Å². The zero-order valence-corrected chi connectivity index (χ0v) is 18.2. The minimum absolute atomic E-state index is 0.562. The molecule has 0 unspecified atom stereocenters. The van der Waals surface area contributed by atoms with Gasteiger partial charge in [0.1, 0.15) is 23.8 Å². The predicted molar refractivity (Wildman–Crippen MR) is 127 cm³/mol. The maximum atomic E-state index is 6.13. The predicted octanol–water partition coefficient (Wildman–Crippen LogP) is 6.57. The molecule has 0 aliphatic carbocycles. The lowest BCUT2D eigenvalue weighted by Gasteiger charge is -2.25. The van der Waals surface area contributed by atoms with Gasteiger partial charge in [0, 0.05) is 5.56 Å². The first-order valence-corrected chi connectivity index (χ1v) is 11.4. The van der Waals surface area contributed by atoms with E-state index in [0.717, 1.165) is 59.4 Å². The van der Waals surface area contributed by atoms with Gasteiger partial charge in [0.05, 0.1) is 12.2 Å². The van der Waals surface area contributed by atoms with Crippen molar-refractivity contribution in [1.29, 1.82) is 0 Å². The number of hydrogen-bond acceptors (Lipinski definition) is 4. The van der Waals surface area contributed by atoms with Gasteiger partial charge >= 0.3 is 0 Å². The van der Waals surface area contributed by atoms with Gasteiger partial charge in [-0.2, -0.15) is 0 Å². The third kappa shape index (κ3) is 5.09. The Labute approximate surface area is 189 Å². The summed E-state index contributed by atoms with van der Waals surface area (Å²) >= 11 is 0. The van der Waals surface area contributed by atoms with Crippen LogP contribution >= 0.6 is 0 Å². The van der Waals surface area contributed by atoms with Gasteiger partial charge in [-0.25, -0.2) is 4.98 Å². The van der Waals surface area contributed by atoms with Crippen molar-refractivity contribution in [2.45, 2.75) is 32.4 Å². The second-order valence-electron chi connectivity index (χ2n) is 8.31. The summed E-state index contributed by atoms with van der Waals surface area (Å²) in [6, 6.07) is 28.5. The lowest BCUT2D eigenvalue weighted by molar-refractivity contribution is 0.206. The quantitative estimate of drug-likeness (QED) is 0.336. The molecule has 1 aliphatic rings. The maximum absolute atomic E-state index is 6.13. The Morgan fingerprint density at radius 2 is 1.53 bits per heavy atom. The third-order valence-corrected chi connectivity index (χ3v) is 5.89. The first kappa shape index (κ1) is 20.5. The highest BCUT2D eigenvalue weighted by Crippen LogP contribution is 2.26. The van der Waals surface area contributed by atoms with Crippen LogP contribution in [0.25, 0.3) is 22.7 Å². The Morgan fingerprint density at radius 1 is 0.750 bits per heavy atom. The monoisotopic (exact) mass is 424 g/mol. The molecule has 32 heavy (non-hydrogen) atoms. The molecule has 4 nitrogen and oxygen atoms in total. The van der Waals surface area contributed by atoms with E-state index in [1.54, 1.807) is 0 Å². The molecule has 5 rings (SSSR count). The van der Waals surface area contributed by atoms with E-state index in [2.05, 4.69) is 35.2 Å². The molecule has 0 bridgehead atoms. The van der Waals surface area contributed by atoms with Crippen LogP contribution in [0.4, 0.5) is 0 Å². The number of furan rings is 1. The summed E-state index contributed by atoms with van der Waals surface area (Å²) in [7, 11) is 0. The lowest BCUT2D eigenvalue weighted by Crippen LogP contribution is -2.28. The van der Waals surface area contributed by atoms with Crippen molar-refractivity contribution in [2.75, 3.05) is 13.1 Å². The number of aromatic nitrogens is 1. The summed E-state index contributed by atoms with van der Waals surface area (Å²) < 4.78 is 12.0. The molecule has 4 aromatic rings. The van der Waals surface area contributed by atoms with Crippen molar-refractivity contribution in [3.63, 3.8) is 0 Å². The summed E-state index contributed by atoms with van der Waals surface area (Å²) in [4.78, 5) is 7.32. The molecular formula is C28H28N2O2. The van der Waals surface area contributed by atoms with E-state index in [1.807, 2.05) is 54.6 Å². The van der Waals surface area contributed by atoms with Crippen molar-refractivity contribution >= 4 is 0 Å². The SMILES string of the molecule is c1ccc(COc2ccc(-c3cccc(-c4ccc(CN5CCCCC5)o4)n3)cc2)cc1. The number of piperidine rings is 1. The van der Waals surface area contributed by atoms with Gasteiger partial charge in [0.2, 0.25) is 0 Å². The van der Waals surface area contributed by atoms with Crippen LogP contribution in [0.1, 0.15) is 30.6 Å². The fourth-order valence-corrected chi connectivity index (χ4v) is 4.13. The number of benzene rings is 2. The molecule has 2 aromatic carbocycles. The topological polar surface area (TPSA) is 38.5 Å². The largest absolute Gasteiger partial charge is 0.489 e. The highest BCUT2D eigenvalue weighted by Gasteiger charge is 2.14. The Bertz CT molecular complexity index is 1130. The van der Waals surface area contributed by atoms with Crippen molar-refractivity contribution in [3.8, 4) is 28.5 Å². The molecule has 0 radical (unpaired) electrons. The number of rotatable bonds is 7. The van der Waals surface area contributed by atoms with E-state index >= 15 is 0 Å². The minimum Gasteiger partial charge on any atom is -0.489 e. The van der Waals surface area contributed by atoms with E-state index in [4.69, 9.17) is 14.1 Å². The molecule has 3 heterocycles. The van der Waals surface area contributed by atoms with Crippen molar-refractivity contribution in [2.24, 2.45) is 0 Å². The summed E-state index contributed by atoms with van der Waals surface area (Å²) in [5.74, 6) is 2.68. The molecule has 0 amide bonds. The van der Waals surface area contributed by atoms with Crippen LogP contribution in [-0.2, 0) is 13.2 Å². The smallest absolute Gasteiger partial charge is 0.152 e. The average molecular weight is 425 g/mol. The summed E-state index contributed by atoms with van der Waals surface area (Å²) in [5.41, 5.74) is 3.99. The Kier molecular flexibility index (Phi) is 6.31. The Morgan fingerprint density at radius 3 is 2.34 bits per heavy atom. The lowest BCUT2D eigenvalue weighted by atomic mass is 10.1. The molecule has 4 heteroatoms. The van der Waals surface area contributed by atoms with Gasteiger partial charge in [-0.15, -0.1) is 0 Å². The Balaban J connectivity index is 1.25. The zero-order chi connectivity index (χ0) is 21.6. The average Bonchev–Trinajstić information content (AvgIpc) is 3.33. The van der Waals surface area contributed by atoms with E-state index < -0.39 is 0 Å². The van der Waals surface area contributed by atoms with Crippen LogP contribution < -0.4 is 4.74 Å². The highest BCUT2D eigenvalue weighted by molar-refractivity contribution is 5.64. The van der Waals surface area contributed by atoms with Crippen molar-refractivity contribution in [1.82, 2.24) is 9.88 Å². The van der Waals surface area contributed by atoms with Gasteiger partial charge in [0.25, 0.3) is 0 Å². The van der Waals surface area contributed by atoms with Crippen LogP contribution in [0, 0.1) is 0 Å². The number of nitrogens with zero attached hydrogens (tertiary/aromatic N) is 2. The molecule has 1 aliphatic heterocycles. The summed E-state index contributed by atoms with van der Waals surface area (Å²) in [5, 5.41) is 0. The van der Waals surface area contributed by atoms with E-state index in [9.17, 15) is 0 Å². The van der Waals surface area contributed by atoms with Gasteiger partial charge < -0.3 is 9.15 Å². The second-order valence-corrected chi connectivity index (χ2v) is 8.31. The number of ether oxygens (including phenoxy) is 1. The third-order valence-electron chi connectivity index (χ3n) is 5.89. The normalized spacial score (nSPS) is 14.4. The summed E-state index contributed by atoms with van der Waals surface area (Å²) in [6.45, 7) is 3.76. The molecule has 162 valence electrons. The Hall–Kier alpha value is -3.37. The molecule has 0 saturated carbocycles. The van der Waals surface area contributed by atoms with Crippen LogP contribution in [0.2, 0.25) is 0 Å². The molecule has 0 spiro atoms. The van der Waals surface area contributed by atoms with Crippen LogP contribution in [0.5, 0.6) is 5.75 Å². The maximum Gasteiger partial charge on any atom is 0.152 e. The first-order chi connectivity index (χ1) is 15.8. The van der Waals surface area contributed by atoms with Crippen LogP contribution in [-0.4, -0.2) is 23.0 Å². The number of likely N-dealkylation sites (tertiary alicyclic amines) is 1.